The van der Waals surface area contributed by atoms with E-state index in [1.54, 1.807) is 12.1 Å². The number of aromatic nitrogens is 1. The molecule has 4 rings (SSSR count). The molecule has 7 heteroatoms. The highest BCUT2D eigenvalue weighted by atomic mass is 19.1. The Morgan fingerprint density at radius 1 is 1.09 bits per heavy atom. The smallest absolute Gasteiger partial charge is 0.307 e. The van der Waals surface area contributed by atoms with Crippen LogP contribution in [0, 0.1) is 24.1 Å². The molecule has 3 aromatic rings. The number of ether oxygens (including phenoxy) is 1. The van der Waals surface area contributed by atoms with Gasteiger partial charge in [-0.1, -0.05) is 58.9 Å². The van der Waals surface area contributed by atoms with Crippen LogP contribution in [0.3, 0.4) is 0 Å². The summed E-state index contributed by atoms with van der Waals surface area (Å²) in [7, 11) is 0. The molecule has 1 unspecified atom stereocenters. The predicted octanol–water partition coefficient (Wildman–Crippen LogP) is 7.99. The number of aryl methyl sites for hydroxylation is 1. The van der Waals surface area contributed by atoms with Gasteiger partial charge in [0.15, 0.2) is 0 Å². The first-order valence-corrected chi connectivity index (χ1v) is 16.2. The van der Waals surface area contributed by atoms with Crippen molar-refractivity contribution in [3.05, 3.63) is 76.9 Å². The first-order valence-electron chi connectivity index (χ1n) is 16.2. The summed E-state index contributed by atoms with van der Waals surface area (Å²) in [5, 5.41) is 13.7. The number of benzene rings is 2. The fourth-order valence-corrected chi connectivity index (χ4v) is 6.12. The van der Waals surface area contributed by atoms with Gasteiger partial charge in [0.2, 0.25) is 0 Å². The maximum Gasteiger partial charge on any atom is 0.307 e. The molecule has 0 aliphatic carbocycles. The van der Waals surface area contributed by atoms with Crippen molar-refractivity contribution in [3.63, 3.8) is 0 Å². The van der Waals surface area contributed by atoms with Gasteiger partial charge in [0.1, 0.15) is 11.6 Å². The number of anilines is 1. The third kappa shape index (κ3) is 9.04. The van der Waals surface area contributed by atoms with E-state index in [4.69, 9.17) is 9.72 Å². The second-order valence-corrected chi connectivity index (χ2v) is 13.4. The van der Waals surface area contributed by atoms with Crippen molar-refractivity contribution in [1.82, 2.24) is 10.3 Å². The molecule has 0 radical (unpaired) electrons. The summed E-state index contributed by atoms with van der Waals surface area (Å²) >= 11 is 0. The van der Waals surface area contributed by atoms with Crippen molar-refractivity contribution in [3.8, 4) is 16.9 Å². The van der Waals surface area contributed by atoms with E-state index in [-0.39, 0.29) is 17.7 Å². The van der Waals surface area contributed by atoms with Gasteiger partial charge in [-0.05, 0) is 79.3 Å². The number of aliphatic carboxylic acids is 1. The number of piperidine rings is 1. The summed E-state index contributed by atoms with van der Waals surface area (Å²) in [6.07, 6.45) is 4.82. The van der Waals surface area contributed by atoms with Crippen molar-refractivity contribution >= 4 is 11.7 Å². The number of hydrogen-bond donors (Lipinski definition) is 2. The highest BCUT2D eigenvalue weighted by Crippen LogP contribution is 2.42. The highest BCUT2D eigenvalue weighted by Gasteiger charge is 2.31. The van der Waals surface area contributed by atoms with Gasteiger partial charge in [-0.3, -0.25) is 9.78 Å². The zero-order chi connectivity index (χ0) is 31.9. The van der Waals surface area contributed by atoms with E-state index in [1.807, 2.05) is 19.1 Å². The molecule has 1 aliphatic rings. The molecule has 0 spiro atoms. The van der Waals surface area contributed by atoms with Crippen LogP contribution in [0.1, 0.15) is 82.8 Å². The van der Waals surface area contributed by atoms with Crippen LogP contribution in [0.2, 0.25) is 0 Å². The van der Waals surface area contributed by atoms with Crippen LogP contribution in [-0.2, 0) is 24.2 Å². The summed E-state index contributed by atoms with van der Waals surface area (Å²) in [6, 6.07) is 15.0. The van der Waals surface area contributed by atoms with Crippen LogP contribution in [0.15, 0.2) is 48.5 Å². The highest BCUT2D eigenvalue weighted by molar-refractivity contribution is 5.86. The fourth-order valence-electron chi connectivity index (χ4n) is 6.12. The molecule has 2 heterocycles. The molecule has 238 valence electrons. The van der Waals surface area contributed by atoms with E-state index in [1.165, 1.54) is 12.1 Å². The van der Waals surface area contributed by atoms with Crippen molar-refractivity contribution in [1.29, 1.82) is 0 Å². The molecular weight excluding hydrogens is 553 g/mol. The van der Waals surface area contributed by atoms with Gasteiger partial charge in [0.25, 0.3) is 0 Å². The van der Waals surface area contributed by atoms with E-state index in [0.29, 0.717) is 31.5 Å². The number of pyridine rings is 1. The first-order chi connectivity index (χ1) is 21.0. The van der Waals surface area contributed by atoms with Gasteiger partial charge in [0, 0.05) is 48.9 Å². The molecule has 1 aromatic heterocycles. The lowest BCUT2D eigenvalue weighted by Gasteiger charge is -2.40. The second-order valence-electron chi connectivity index (χ2n) is 13.4. The lowest BCUT2D eigenvalue weighted by Crippen LogP contribution is -2.39. The summed E-state index contributed by atoms with van der Waals surface area (Å²) in [5.74, 6) is 0.251. The van der Waals surface area contributed by atoms with Crippen molar-refractivity contribution in [2.24, 2.45) is 11.3 Å². The lowest BCUT2D eigenvalue weighted by molar-refractivity contribution is -0.136. The van der Waals surface area contributed by atoms with Crippen molar-refractivity contribution in [2.75, 3.05) is 24.6 Å². The van der Waals surface area contributed by atoms with Crippen molar-refractivity contribution < 1.29 is 19.0 Å². The fraction of sp³-hybridized carbons (Fsp3) is 0.514. The van der Waals surface area contributed by atoms with Gasteiger partial charge >= 0.3 is 5.97 Å². The number of carboxylic acids is 1. The van der Waals surface area contributed by atoms with Crippen LogP contribution < -0.4 is 15.0 Å². The Labute approximate surface area is 263 Å². The zero-order valence-corrected chi connectivity index (χ0v) is 27.4. The van der Waals surface area contributed by atoms with Crippen LogP contribution in [0.4, 0.5) is 10.1 Å². The molecule has 0 saturated carbocycles. The Bertz CT molecular complexity index is 1380. The maximum atomic E-state index is 13.3. The molecule has 2 N–H and O–H groups in total. The Morgan fingerprint density at radius 2 is 1.75 bits per heavy atom. The summed E-state index contributed by atoms with van der Waals surface area (Å²) < 4.78 is 19.3. The number of rotatable bonds is 14. The van der Waals surface area contributed by atoms with Crippen LogP contribution in [0.5, 0.6) is 5.75 Å². The van der Waals surface area contributed by atoms with Gasteiger partial charge in [-0.15, -0.1) is 0 Å². The van der Waals surface area contributed by atoms with Gasteiger partial charge in [-0.25, -0.2) is 4.39 Å². The third-order valence-electron chi connectivity index (χ3n) is 8.83. The first kappa shape index (κ1) is 33.4. The number of carboxylic acid groups (broad SMARTS) is 1. The van der Waals surface area contributed by atoms with Crippen molar-refractivity contribution in [2.45, 2.75) is 92.7 Å². The molecular formula is C37H50FN3O3. The topological polar surface area (TPSA) is 74.7 Å². The minimum Gasteiger partial charge on any atom is -0.493 e. The lowest BCUT2D eigenvalue weighted by atomic mass is 9.82. The Balaban J connectivity index is 1.70. The molecule has 1 atom stereocenters. The largest absolute Gasteiger partial charge is 0.493 e. The Morgan fingerprint density at radius 3 is 2.34 bits per heavy atom. The number of carbonyl (C=O) groups is 1. The normalized spacial score (nSPS) is 15.4. The summed E-state index contributed by atoms with van der Waals surface area (Å²) in [6.45, 7) is 16.1. The molecule has 1 fully saturated rings. The number of halogens is 1. The van der Waals surface area contributed by atoms with E-state index in [9.17, 15) is 14.3 Å². The van der Waals surface area contributed by atoms with Crippen LogP contribution in [0.25, 0.3) is 11.1 Å². The monoisotopic (exact) mass is 603 g/mol. The van der Waals surface area contributed by atoms with Crippen LogP contribution in [-0.4, -0.2) is 41.8 Å². The van der Waals surface area contributed by atoms with E-state index < -0.39 is 5.97 Å². The SMILES string of the molecule is CCC(CC(C)C)NCc1nc(C)c(CC(=O)O)c(N2CCC(C)(C)CC2)c1-c1ccc(OCCc2ccc(F)cc2)cc1. The molecule has 1 saturated heterocycles. The molecule has 44 heavy (non-hydrogen) atoms. The second kappa shape index (κ2) is 15.0. The maximum absolute atomic E-state index is 13.3. The molecule has 0 amide bonds. The minimum atomic E-state index is -0.849. The number of nitrogens with zero attached hydrogens (tertiary/aromatic N) is 2. The van der Waals surface area contributed by atoms with Crippen LogP contribution >= 0.6 is 0 Å². The minimum absolute atomic E-state index is 0.0652. The molecule has 6 nitrogen and oxygen atoms in total. The molecule has 1 aliphatic heterocycles. The van der Waals surface area contributed by atoms with Gasteiger partial charge < -0.3 is 20.1 Å². The molecule has 0 bridgehead atoms. The average Bonchev–Trinajstić information content (AvgIpc) is 2.97. The molecule has 2 aromatic carbocycles. The van der Waals surface area contributed by atoms with E-state index in [0.717, 1.165) is 83.9 Å². The third-order valence-corrected chi connectivity index (χ3v) is 8.83. The van der Waals surface area contributed by atoms with Gasteiger partial charge in [-0.2, -0.15) is 0 Å². The Hall–Kier alpha value is -3.45. The quantitative estimate of drug-likeness (QED) is 0.195. The van der Waals surface area contributed by atoms with Gasteiger partial charge in [0.05, 0.1) is 24.4 Å². The summed E-state index contributed by atoms with van der Waals surface area (Å²) in [4.78, 5) is 19.6. The standard InChI is InChI=1S/C37H50FN3O3/c1-7-30(22-25(2)3)39-24-33-35(28-10-14-31(15-11-28)44-21-16-27-8-12-29(38)13-9-27)36(32(23-34(42)43)26(4)40-33)41-19-17-37(5,6)18-20-41/h8-15,25,30,39H,7,16-24H2,1-6H3,(H,42,43). The van der Waals surface area contributed by atoms with E-state index in [2.05, 4.69) is 57.0 Å². The zero-order valence-electron chi connectivity index (χ0n) is 27.4. The average molecular weight is 604 g/mol. The number of nitrogens with one attached hydrogen (secondary N) is 1. The summed E-state index contributed by atoms with van der Waals surface area (Å²) in [5.41, 5.74) is 6.83. The number of hydrogen-bond acceptors (Lipinski definition) is 5. The Kier molecular flexibility index (Phi) is 11.4. The predicted molar refractivity (Wildman–Crippen MR) is 177 cm³/mol. The van der Waals surface area contributed by atoms with E-state index >= 15 is 0 Å².